The number of hydrogen-bond acceptors (Lipinski definition) is 8. The van der Waals surface area contributed by atoms with Crippen LogP contribution in [0.4, 0.5) is 17.8 Å². The molecule has 0 saturated carbocycles. The van der Waals surface area contributed by atoms with E-state index in [9.17, 15) is 0 Å². The molecule has 1 heterocycles. The Kier molecular flexibility index (Phi) is 4.62. The van der Waals surface area contributed by atoms with Crippen LogP contribution in [0.1, 0.15) is 0 Å². The van der Waals surface area contributed by atoms with Gasteiger partial charge in [0.05, 0.1) is 7.11 Å². The van der Waals surface area contributed by atoms with E-state index >= 15 is 0 Å². The number of nitrogen functional groups attached to an aromatic ring is 3. The lowest BCUT2D eigenvalue weighted by Gasteiger charge is -1.93. The van der Waals surface area contributed by atoms with Crippen molar-refractivity contribution in [3.8, 4) is 0 Å². The van der Waals surface area contributed by atoms with Gasteiger partial charge in [0.1, 0.15) is 0 Å². The second-order valence-electron chi connectivity index (χ2n) is 1.74. The van der Waals surface area contributed by atoms with Gasteiger partial charge in [-0.2, -0.15) is 15.0 Å². The average molecular weight is 186 g/mol. The van der Waals surface area contributed by atoms with Crippen molar-refractivity contribution in [2.45, 2.75) is 0 Å². The molecule has 0 aliphatic heterocycles. The summed E-state index contributed by atoms with van der Waals surface area (Å²) in [5, 5.41) is 0. The van der Waals surface area contributed by atoms with Crippen LogP contribution >= 0.6 is 0 Å². The Morgan fingerprint density at radius 1 is 1.08 bits per heavy atom. The number of ether oxygens (including phenoxy) is 1. The third-order valence-corrected chi connectivity index (χ3v) is 0.784. The molecule has 8 nitrogen and oxygen atoms in total. The van der Waals surface area contributed by atoms with Gasteiger partial charge in [0, 0.05) is 0 Å². The van der Waals surface area contributed by atoms with Crippen LogP contribution in [-0.4, -0.2) is 28.5 Å². The maximum Gasteiger partial charge on any atom is 0.292 e. The first kappa shape index (κ1) is 10.9. The van der Waals surface area contributed by atoms with E-state index in [0.717, 1.165) is 0 Å². The van der Waals surface area contributed by atoms with E-state index in [-0.39, 0.29) is 17.8 Å². The van der Waals surface area contributed by atoms with Gasteiger partial charge in [-0.3, -0.25) is 4.79 Å². The number of nitrogens with zero attached hydrogens (tertiary/aromatic N) is 3. The molecule has 0 saturated heterocycles. The molecule has 0 aliphatic carbocycles. The van der Waals surface area contributed by atoms with Crippen LogP contribution in [-0.2, 0) is 9.53 Å². The molecule has 0 spiro atoms. The number of carbonyl (C=O) groups excluding carboxylic acids is 1. The highest BCUT2D eigenvalue weighted by atomic mass is 16.5. The molecular weight excluding hydrogens is 176 g/mol. The lowest BCUT2D eigenvalue weighted by molar-refractivity contribution is -0.126. The lowest BCUT2D eigenvalue weighted by atomic mass is 10.9. The Morgan fingerprint density at radius 2 is 1.31 bits per heavy atom. The molecular formula is C5H10N6O2. The molecule has 1 aromatic heterocycles. The minimum Gasteiger partial charge on any atom is -0.471 e. The number of carbonyl (C=O) groups is 1. The summed E-state index contributed by atoms with van der Waals surface area (Å²) < 4.78 is 3.86. The molecule has 0 aromatic carbocycles. The van der Waals surface area contributed by atoms with Crippen molar-refractivity contribution in [2.75, 3.05) is 24.3 Å². The van der Waals surface area contributed by atoms with Crippen LogP contribution < -0.4 is 17.2 Å². The Balaban J connectivity index is 0.000000310. The summed E-state index contributed by atoms with van der Waals surface area (Å²) in [6, 6.07) is 0. The van der Waals surface area contributed by atoms with Crippen molar-refractivity contribution in [3.63, 3.8) is 0 Å². The van der Waals surface area contributed by atoms with Crippen molar-refractivity contribution in [1.29, 1.82) is 0 Å². The minimum absolute atomic E-state index is 0.0417. The lowest BCUT2D eigenvalue weighted by Crippen LogP contribution is -2.05. The molecule has 1 rings (SSSR count). The van der Waals surface area contributed by atoms with Crippen molar-refractivity contribution in [3.05, 3.63) is 0 Å². The SMILES string of the molecule is COC=O.Nc1nc(N)nc(N)n1. The first-order chi connectivity index (χ1) is 6.10. The highest BCUT2D eigenvalue weighted by molar-refractivity contribution is 5.36. The number of aromatic nitrogens is 3. The predicted molar refractivity (Wildman–Crippen MR) is 46.1 cm³/mol. The minimum atomic E-state index is 0.0417. The van der Waals surface area contributed by atoms with Gasteiger partial charge in [-0.1, -0.05) is 0 Å². The van der Waals surface area contributed by atoms with Crippen LogP contribution in [0.2, 0.25) is 0 Å². The van der Waals surface area contributed by atoms with Crippen molar-refractivity contribution in [1.82, 2.24) is 15.0 Å². The predicted octanol–water partition coefficient (Wildman–Crippen LogP) is -1.59. The second kappa shape index (κ2) is 5.52. The molecule has 0 bridgehead atoms. The molecule has 0 amide bonds. The van der Waals surface area contributed by atoms with Crippen LogP contribution in [0.5, 0.6) is 0 Å². The molecule has 0 atom stereocenters. The van der Waals surface area contributed by atoms with Gasteiger partial charge in [-0.05, 0) is 0 Å². The molecule has 0 fully saturated rings. The molecule has 1 aromatic rings. The maximum absolute atomic E-state index is 8.95. The first-order valence-electron chi connectivity index (χ1n) is 3.09. The Hall–Kier alpha value is -2.12. The van der Waals surface area contributed by atoms with Crippen molar-refractivity contribution in [2.24, 2.45) is 0 Å². The summed E-state index contributed by atoms with van der Waals surface area (Å²) in [5.41, 5.74) is 15.4. The van der Waals surface area contributed by atoms with E-state index < -0.39 is 0 Å². The van der Waals surface area contributed by atoms with Gasteiger partial charge in [0.15, 0.2) is 0 Å². The van der Waals surface area contributed by atoms with Crippen LogP contribution in [0, 0.1) is 0 Å². The zero-order valence-electron chi connectivity index (χ0n) is 6.97. The van der Waals surface area contributed by atoms with E-state index in [2.05, 4.69) is 19.7 Å². The molecule has 13 heavy (non-hydrogen) atoms. The van der Waals surface area contributed by atoms with E-state index in [1.165, 1.54) is 7.11 Å². The van der Waals surface area contributed by atoms with Gasteiger partial charge < -0.3 is 21.9 Å². The average Bonchev–Trinajstić information content (AvgIpc) is 2.02. The van der Waals surface area contributed by atoms with Crippen molar-refractivity contribution < 1.29 is 9.53 Å². The summed E-state index contributed by atoms with van der Waals surface area (Å²) in [5.74, 6) is 0.125. The maximum atomic E-state index is 8.95. The van der Waals surface area contributed by atoms with Gasteiger partial charge >= 0.3 is 0 Å². The fourth-order valence-electron chi connectivity index (χ4n) is 0.427. The Bertz CT molecular complexity index is 227. The molecule has 0 unspecified atom stereocenters. The molecule has 0 aliphatic rings. The van der Waals surface area contributed by atoms with E-state index in [1.807, 2.05) is 0 Å². The fraction of sp³-hybridized carbons (Fsp3) is 0.200. The molecule has 72 valence electrons. The highest BCUT2D eigenvalue weighted by Gasteiger charge is 1.93. The van der Waals surface area contributed by atoms with Crippen molar-refractivity contribution >= 4 is 24.3 Å². The molecule has 8 heteroatoms. The summed E-state index contributed by atoms with van der Waals surface area (Å²) in [6.07, 6.45) is 0. The van der Waals surface area contributed by atoms with Crippen LogP contribution in [0.25, 0.3) is 0 Å². The monoisotopic (exact) mass is 186 g/mol. The van der Waals surface area contributed by atoms with Crippen LogP contribution in [0.3, 0.4) is 0 Å². The largest absolute Gasteiger partial charge is 0.471 e. The number of nitrogens with two attached hydrogens (primary N) is 3. The molecule has 0 radical (unpaired) electrons. The third kappa shape index (κ3) is 5.18. The quantitative estimate of drug-likeness (QED) is 0.445. The molecule has 6 N–H and O–H groups in total. The standard InChI is InChI=1S/C3H6N6.C2H4O2/c4-1-7-2(5)9-3(6)8-1;1-4-2-3/h(H6,4,5,6,7,8,9);2H,1H3. The van der Waals surface area contributed by atoms with E-state index in [1.54, 1.807) is 0 Å². The summed E-state index contributed by atoms with van der Waals surface area (Å²) in [7, 11) is 1.31. The summed E-state index contributed by atoms with van der Waals surface area (Å²) >= 11 is 0. The summed E-state index contributed by atoms with van der Waals surface area (Å²) in [4.78, 5) is 19.4. The van der Waals surface area contributed by atoms with Gasteiger partial charge in [-0.25, -0.2) is 0 Å². The third-order valence-electron chi connectivity index (χ3n) is 0.784. The number of methoxy groups -OCH3 is 1. The number of hydrogen-bond donors (Lipinski definition) is 3. The number of anilines is 3. The smallest absolute Gasteiger partial charge is 0.292 e. The van der Waals surface area contributed by atoms with E-state index in [4.69, 9.17) is 22.0 Å². The zero-order chi connectivity index (χ0) is 10.3. The van der Waals surface area contributed by atoms with Gasteiger partial charge in [0.2, 0.25) is 17.8 Å². The topological polar surface area (TPSA) is 143 Å². The zero-order valence-corrected chi connectivity index (χ0v) is 6.97. The van der Waals surface area contributed by atoms with Crippen LogP contribution in [0.15, 0.2) is 0 Å². The van der Waals surface area contributed by atoms with Gasteiger partial charge in [0.25, 0.3) is 6.47 Å². The fourth-order valence-corrected chi connectivity index (χ4v) is 0.427. The van der Waals surface area contributed by atoms with E-state index in [0.29, 0.717) is 6.47 Å². The highest BCUT2D eigenvalue weighted by Crippen LogP contribution is 1.97. The number of rotatable bonds is 1. The second-order valence-corrected chi connectivity index (χ2v) is 1.74. The van der Waals surface area contributed by atoms with Gasteiger partial charge in [-0.15, -0.1) is 0 Å². The normalized spacial score (nSPS) is 8.08. The summed E-state index contributed by atoms with van der Waals surface area (Å²) in [6.45, 7) is 0.375. The Labute approximate surface area is 74.1 Å². The Morgan fingerprint density at radius 3 is 1.46 bits per heavy atom. The first-order valence-corrected chi connectivity index (χ1v) is 3.09.